The van der Waals surface area contributed by atoms with Crippen LogP contribution in [0.2, 0.25) is 0 Å². The molecule has 0 bridgehead atoms. The van der Waals surface area contributed by atoms with Gasteiger partial charge in [-0.2, -0.15) is 0 Å². The molecule has 0 aromatic rings. The van der Waals surface area contributed by atoms with Crippen molar-refractivity contribution in [2.75, 3.05) is 0 Å². The highest BCUT2D eigenvalue weighted by Crippen LogP contribution is 2.38. The van der Waals surface area contributed by atoms with Crippen molar-refractivity contribution >= 4 is 5.91 Å². The Balaban J connectivity index is 2.65. The first-order valence-electron chi connectivity index (χ1n) is 6.99. The van der Waals surface area contributed by atoms with Gasteiger partial charge >= 0.3 is 0 Å². The smallest absolute Gasteiger partial charge is 0.220 e. The van der Waals surface area contributed by atoms with E-state index in [0.717, 1.165) is 6.42 Å². The molecule has 1 aliphatic rings. The molecule has 1 unspecified atom stereocenters. The minimum Gasteiger partial charge on any atom is -0.369 e. The summed E-state index contributed by atoms with van der Waals surface area (Å²) in [7, 11) is 0. The fraction of sp³-hybridized carbons (Fsp3) is 0.929. The lowest BCUT2D eigenvalue weighted by Gasteiger charge is -2.43. The summed E-state index contributed by atoms with van der Waals surface area (Å²) in [5.74, 6) is -1.18. The van der Waals surface area contributed by atoms with Crippen LogP contribution in [0.15, 0.2) is 0 Å². The lowest BCUT2D eigenvalue weighted by molar-refractivity contribution is -0.288. The number of carbonyl (C=O) groups is 1. The molecule has 0 spiro atoms. The normalized spacial score (nSPS) is 36.1. The van der Waals surface area contributed by atoms with Gasteiger partial charge in [-0.05, 0) is 32.1 Å². The molecule has 0 aromatic heterocycles. The summed E-state index contributed by atoms with van der Waals surface area (Å²) in [6.07, 6.45) is 2.94. The number of nitrogens with two attached hydrogens (primary N) is 1. The van der Waals surface area contributed by atoms with Crippen LogP contribution in [-0.4, -0.2) is 22.9 Å². The van der Waals surface area contributed by atoms with E-state index in [1.807, 2.05) is 20.8 Å². The molecule has 1 aliphatic heterocycles. The van der Waals surface area contributed by atoms with Crippen molar-refractivity contribution in [3.8, 4) is 0 Å². The summed E-state index contributed by atoms with van der Waals surface area (Å²) < 4.78 is 5.78. The van der Waals surface area contributed by atoms with Gasteiger partial charge in [0, 0.05) is 18.3 Å². The number of carbonyl (C=O) groups excluding carboxylic acids is 1. The zero-order valence-corrected chi connectivity index (χ0v) is 12.0. The van der Waals surface area contributed by atoms with Crippen LogP contribution in [-0.2, 0) is 9.53 Å². The summed E-state index contributed by atoms with van der Waals surface area (Å²) in [5.41, 5.74) is 5.36. The van der Waals surface area contributed by atoms with Crippen LogP contribution in [0.5, 0.6) is 0 Å². The molecular weight excluding hydrogens is 230 g/mol. The molecule has 0 radical (unpaired) electrons. The Hall–Kier alpha value is -0.610. The van der Waals surface area contributed by atoms with Gasteiger partial charge in [-0.3, -0.25) is 4.79 Å². The summed E-state index contributed by atoms with van der Waals surface area (Å²) in [4.78, 5) is 11.3. The molecule has 5 atom stereocenters. The number of rotatable bonds is 5. The topological polar surface area (TPSA) is 72.6 Å². The highest BCUT2D eigenvalue weighted by molar-refractivity contribution is 5.76. The van der Waals surface area contributed by atoms with Gasteiger partial charge in [0.15, 0.2) is 5.79 Å². The molecule has 1 saturated heterocycles. The van der Waals surface area contributed by atoms with Crippen molar-refractivity contribution in [1.29, 1.82) is 0 Å². The third-order valence-corrected chi connectivity index (χ3v) is 4.45. The standard InChI is InChI=1S/C14H27NO3/c1-5-12(13(15)16)8-10(3)14(17)7-6-9(2)11(4)18-14/h9-12,17H,5-8H2,1-4H3,(H2,15,16)/t9?,10-,11-,12-,14-/m0/s1. The summed E-state index contributed by atoms with van der Waals surface area (Å²) >= 11 is 0. The van der Waals surface area contributed by atoms with E-state index in [0.29, 0.717) is 25.2 Å². The van der Waals surface area contributed by atoms with Gasteiger partial charge in [-0.25, -0.2) is 0 Å². The lowest BCUT2D eigenvalue weighted by Crippen LogP contribution is -2.48. The molecule has 1 heterocycles. The molecule has 3 N–H and O–H groups in total. The van der Waals surface area contributed by atoms with Gasteiger partial charge in [0.05, 0.1) is 6.10 Å². The van der Waals surface area contributed by atoms with E-state index < -0.39 is 5.79 Å². The van der Waals surface area contributed by atoms with E-state index >= 15 is 0 Å². The van der Waals surface area contributed by atoms with Crippen LogP contribution in [0, 0.1) is 17.8 Å². The first-order chi connectivity index (χ1) is 8.30. The molecule has 106 valence electrons. The minimum atomic E-state index is -1.10. The fourth-order valence-electron chi connectivity index (χ4n) is 2.62. The number of hydrogen-bond donors (Lipinski definition) is 2. The van der Waals surface area contributed by atoms with E-state index in [1.165, 1.54) is 0 Å². The number of aliphatic hydroxyl groups is 1. The molecule has 0 aromatic carbocycles. The van der Waals surface area contributed by atoms with Crippen LogP contribution >= 0.6 is 0 Å². The van der Waals surface area contributed by atoms with Gasteiger partial charge in [0.2, 0.25) is 5.91 Å². The van der Waals surface area contributed by atoms with Crippen molar-refractivity contribution in [2.24, 2.45) is 23.5 Å². The Labute approximate surface area is 110 Å². The Morgan fingerprint density at radius 1 is 1.56 bits per heavy atom. The second-order valence-electron chi connectivity index (χ2n) is 5.83. The van der Waals surface area contributed by atoms with Crippen LogP contribution in [0.4, 0.5) is 0 Å². The third-order valence-electron chi connectivity index (χ3n) is 4.45. The van der Waals surface area contributed by atoms with Crippen LogP contribution in [0.25, 0.3) is 0 Å². The Bertz CT molecular complexity index is 295. The Kier molecular flexibility index (Phi) is 5.17. The molecule has 18 heavy (non-hydrogen) atoms. The molecule has 1 amide bonds. The first-order valence-corrected chi connectivity index (χ1v) is 6.99. The van der Waals surface area contributed by atoms with Crippen molar-refractivity contribution < 1.29 is 14.6 Å². The second kappa shape index (κ2) is 6.02. The van der Waals surface area contributed by atoms with Crippen molar-refractivity contribution in [3.63, 3.8) is 0 Å². The molecule has 4 heteroatoms. The average molecular weight is 257 g/mol. The van der Waals surface area contributed by atoms with Gasteiger partial charge in [-0.15, -0.1) is 0 Å². The number of hydrogen-bond acceptors (Lipinski definition) is 3. The highest BCUT2D eigenvalue weighted by atomic mass is 16.6. The average Bonchev–Trinajstić information content (AvgIpc) is 2.30. The summed E-state index contributed by atoms with van der Waals surface area (Å²) in [6, 6.07) is 0. The maximum absolute atomic E-state index is 11.3. The Morgan fingerprint density at radius 2 is 2.17 bits per heavy atom. The van der Waals surface area contributed by atoms with Crippen molar-refractivity contribution in [3.05, 3.63) is 0 Å². The van der Waals surface area contributed by atoms with Crippen LogP contribution in [0.3, 0.4) is 0 Å². The highest BCUT2D eigenvalue weighted by Gasteiger charge is 2.42. The van der Waals surface area contributed by atoms with Gasteiger partial charge in [0.25, 0.3) is 0 Å². The predicted molar refractivity (Wildman–Crippen MR) is 70.7 cm³/mol. The van der Waals surface area contributed by atoms with Gasteiger partial charge in [0.1, 0.15) is 0 Å². The van der Waals surface area contributed by atoms with Crippen LogP contribution < -0.4 is 5.73 Å². The van der Waals surface area contributed by atoms with E-state index in [-0.39, 0.29) is 23.8 Å². The molecule has 1 rings (SSSR count). The summed E-state index contributed by atoms with van der Waals surface area (Å²) in [5, 5.41) is 10.6. The van der Waals surface area contributed by atoms with Crippen molar-refractivity contribution in [1.82, 2.24) is 0 Å². The molecular formula is C14H27NO3. The largest absolute Gasteiger partial charge is 0.369 e. The predicted octanol–water partition coefficient (Wildman–Crippen LogP) is 2.05. The number of primary amides is 1. The van der Waals surface area contributed by atoms with Crippen molar-refractivity contribution in [2.45, 2.75) is 65.3 Å². The first kappa shape index (κ1) is 15.4. The molecule has 1 fully saturated rings. The minimum absolute atomic E-state index is 0.0554. The quantitative estimate of drug-likeness (QED) is 0.791. The van der Waals surface area contributed by atoms with E-state index in [2.05, 4.69) is 6.92 Å². The van der Waals surface area contributed by atoms with Gasteiger partial charge < -0.3 is 15.6 Å². The SMILES string of the molecule is CC[C@@H](C[C@H](C)[C@]1(O)CCC(C)[C@H](C)O1)C(N)=O. The van der Waals surface area contributed by atoms with E-state index in [4.69, 9.17) is 10.5 Å². The zero-order chi connectivity index (χ0) is 13.9. The number of amides is 1. The monoisotopic (exact) mass is 257 g/mol. The van der Waals surface area contributed by atoms with E-state index in [1.54, 1.807) is 0 Å². The van der Waals surface area contributed by atoms with Crippen LogP contribution in [0.1, 0.15) is 53.4 Å². The molecule has 0 aliphatic carbocycles. The second-order valence-corrected chi connectivity index (χ2v) is 5.83. The third kappa shape index (κ3) is 3.45. The Morgan fingerprint density at radius 3 is 2.61 bits per heavy atom. The number of ether oxygens (including phenoxy) is 1. The van der Waals surface area contributed by atoms with E-state index in [9.17, 15) is 9.90 Å². The maximum Gasteiger partial charge on any atom is 0.220 e. The lowest BCUT2D eigenvalue weighted by atomic mass is 9.81. The molecule has 0 saturated carbocycles. The zero-order valence-electron chi connectivity index (χ0n) is 12.0. The summed E-state index contributed by atoms with van der Waals surface area (Å²) in [6.45, 7) is 8.01. The van der Waals surface area contributed by atoms with Gasteiger partial charge in [-0.1, -0.05) is 20.8 Å². The fourth-order valence-corrected chi connectivity index (χ4v) is 2.62. The molecule has 4 nitrogen and oxygen atoms in total. The maximum atomic E-state index is 11.3.